The molecule has 0 bridgehead atoms. The van der Waals surface area contributed by atoms with Crippen LogP contribution in [-0.2, 0) is 6.54 Å². The Hall–Kier alpha value is -0.880. The van der Waals surface area contributed by atoms with E-state index in [1.54, 1.807) is 10.9 Å². The van der Waals surface area contributed by atoms with E-state index in [1.807, 2.05) is 39.2 Å². The maximum Gasteiger partial charge on any atom is 0.122 e. The number of hydrogen-bond donors (Lipinski definition) is 1. The van der Waals surface area contributed by atoms with Gasteiger partial charge in [-0.25, -0.2) is 0 Å². The van der Waals surface area contributed by atoms with E-state index in [2.05, 4.69) is 25.9 Å². The van der Waals surface area contributed by atoms with Crippen LogP contribution in [-0.4, -0.2) is 40.4 Å². The summed E-state index contributed by atoms with van der Waals surface area (Å²) in [6.07, 6.45) is 0.801. The van der Waals surface area contributed by atoms with Gasteiger partial charge in [-0.1, -0.05) is 39.7 Å². The molecule has 0 aliphatic rings. The average Bonchev–Trinajstić information content (AvgIpc) is 2.80. The van der Waals surface area contributed by atoms with E-state index >= 15 is 0 Å². The number of aliphatic hydroxyl groups is 1. The molecule has 1 aromatic carbocycles. The van der Waals surface area contributed by atoms with E-state index in [4.69, 9.17) is 11.6 Å². The van der Waals surface area contributed by atoms with Gasteiger partial charge >= 0.3 is 0 Å². The van der Waals surface area contributed by atoms with Crippen LogP contribution in [0.15, 0.2) is 28.9 Å². The molecule has 0 aliphatic carbocycles. The highest BCUT2D eigenvalue weighted by atomic mass is 79.9. The van der Waals surface area contributed by atoms with Crippen LogP contribution < -0.4 is 0 Å². The van der Waals surface area contributed by atoms with Crippen molar-refractivity contribution < 1.29 is 5.11 Å². The molecule has 0 aliphatic heterocycles. The summed E-state index contributed by atoms with van der Waals surface area (Å²) in [6, 6.07) is 5.78. The van der Waals surface area contributed by atoms with Gasteiger partial charge < -0.3 is 10.0 Å². The highest BCUT2D eigenvalue weighted by Gasteiger charge is 2.20. The number of aromatic nitrogens is 2. The minimum Gasteiger partial charge on any atom is -0.382 e. The number of aliphatic hydroxyl groups excluding tert-OH is 1. The summed E-state index contributed by atoms with van der Waals surface area (Å²) in [7, 11) is 4.00. The van der Waals surface area contributed by atoms with Crippen LogP contribution in [0.25, 0.3) is 0 Å². The van der Waals surface area contributed by atoms with Gasteiger partial charge in [0.2, 0.25) is 0 Å². The maximum atomic E-state index is 10.6. The van der Waals surface area contributed by atoms with Gasteiger partial charge in [-0.3, -0.25) is 4.68 Å². The molecule has 2 aromatic rings. The number of halogens is 2. The molecular weight excluding hydrogens is 354 g/mol. The smallest absolute Gasteiger partial charge is 0.122 e. The highest BCUT2D eigenvalue weighted by molar-refractivity contribution is 9.10. The number of nitrogens with zero attached hydrogens (tertiary/aromatic N) is 3. The molecule has 2 rings (SSSR count). The SMILES string of the molecule is Cc1cc(C(O)c2c(Cl)cnn2CCN(C)C)ccc1Br. The van der Waals surface area contributed by atoms with Crippen LogP contribution in [0.4, 0.5) is 0 Å². The lowest BCUT2D eigenvalue weighted by atomic mass is 10.0. The predicted molar refractivity (Wildman–Crippen MR) is 88.7 cm³/mol. The summed E-state index contributed by atoms with van der Waals surface area (Å²) in [5.74, 6) is 0. The summed E-state index contributed by atoms with van der Waals surface area (Å²) in [6.45, 7) is 3.50. The lowest BCUT2D eigenvalue weighted by molar-refractivity contribution is 0.205. The molecule has 114 valence electrons. The van der Waals surface area contributed by atoms with Crippen molar-refractivity contribution >= 4 is 27.5 Å². The first-order valence-corrected chi connectivity index (χ1v) is 7.87. The van der Waals surface area contributed by atoms with E-state index in [9.17, 15) is 5.11 Å². The fourth-order valence-electron chi connectivity index (χ4n) is 2.11. The molecule has 0 amide bonds. The Labute approximate surface area is 138 Å². The minimum absolute atomic E-state index is 0.488. The molecule has 0 spiro atoms. The van der Waals surface area contributed by atoms with Crippen molar-refractivity contribution in [2.24, 2.45) is 0 Å². The second kappa shape index (κ2) is 6.92. The van der Waals surface area contributed by atoms with Crippen LogP contribution in [0.2, 0.25) is 5.02 Å². The van der Waals surface area contributed by atoms with E-state index in [-0.39, 0.29) is 0 Å². The number of hydrogen-bond acceptors (Lipinski definition) is 3. The zero-order chi connectivity index (χ0) is 15.6. The summed E-state index contributed by atoms with van der Waals surface area (Å²) >= 11 is 9.68. The zero-order valence-electron chi connectivity index (χ0n) is 12.3. The highest BCUT2D eigenvalue weighted by Crippen LogP contribution is 2.30. The van der Waals surface area contributed by atoms with Crippen LogP contribution in [0, 0.1) is 6.92 Å². The summed E-state index contributed by atoms with van der Waals surface area (Å²) in [5.41, 5.74) is 2.52. The molecule has 0 fully saturated rings. The van der Waals surface area contributed by atoms with Crippen molar-refractivity contribution in [1.29, 1.82) is 0 Å². The van der Waals surface area contributed by atoms with Gasteiger partial charge in [0.1, 0.15) is 6.10 Å². The number of rotatable bonds is 5. The molecule has 0 radical (unpaired) electrons. The number of aryl methyl sites for hydroxylation is 1. The topological polar surface area (TPSA) is 41.3 Å². The van der Waals surface area contributed by atoms with Crippen LogP contribution in [0.5, 0.6) is 0 Å². The van der Waals surface area contributed by atoms with Crippen molar-refractivity contribution in [1.82, 2.24) is 14.7 Å². The maximum absolute atomic E-state index is 10.6. The molecule has 1 aromatic heterocycles. The second-order valence-corrected chi connectivity index (χ2v) is 6.58. The number of benzene rings is 1. The summed E-state index contributed by atoms with van der Waals surface area (Å²) < 4.78 is 2.79. The van der Waals surface area contributed by atoms with E-state index in [1.165, 1.54) is 0 Å². The molecule has 1 unspecified atom stereocenters. The molecule has 1 heterocycles. The molecule has 0 saturated carbocycles. The molecular formula is C15H19BrClN3O. The Bertz CT molecular complexity index is 627. The Morgan fingerprint density at radius 1 is 1.43 bits per heavy atom. The first-order chi connectivity index (χ1) is 9.90. The van der Waals surface area contributed by atoms with Crippen molar-refractivity contribution in [3.05, 3.63) is 50.7 Å². The fraction of sp³-hybridized carbons (Fsp3) is 0.400. The monoisotopic (exact) mass is 371 g/mol. The molecule has 1 atom stereocenters. The van der Waals surface area contributed by atoms with Crippen molar-refractivity contribution in [3.63, 3.8) is 0 Å². The van der Waals surface area contributed by atoms with E-state index < -0.39 is 6.10 Å². The Balaban J connectivity index is 2.31. The largest absolute Gasteiger partial charge is 0.382 e. The lowest BCUT2D eigenvalue weighted by Crippen LogP contribution is -2.21. The lowest BCUT2D eigenvalue weighted by Gasteiger charge is -2.17. The Kier molecular flexibility index (Phi) is 5.43. The van der Waals surface area contributed by atoms with Gasteiger partial charge in [-0.2, -0.15) is 5.10 Å². The van der Waals surface area contributed by atoms with Gasteiger partial charge in [-0.05, 0) is 38.2 Å². The van der Waals surface area contributed by atoms with E-state index in [0.29, 0.717) is 17.3 Å². The average molecular weight is 373 g/mol. The normalized spacial score (nSPS) is 12.9. The third-order valence-corrected chi connectivity index (χ3v) is 4.53. The first-order valence-electron chi connectivity index (χ1n) is 6.70. The second-order valence-electron chi connectivity index (χ2n) is 5.32. The van der Waals surface area contributed by atoms with Crippen LogP contribution >= 0.6 is 27.5 Å². The third-order valence-electron chi connectivity index (χ3n) is 3.35. The molecule has 6 heteroatoms. The van der Waals surface area contributed by atoms with Gasteiger partial charge in [0, 0.05) is 11.0 Å². The van der Waals surface area contributed by atoms with Crippen LogP contribution in [0.3, 0.4) is 0 Å². The third kappa shape index (κ3) is 3.86. The Morgan fingerprint density at radius 3 is 2.76 bits per heavy atom. The van der Waals surface area contributed by atoms with Gasteiger partial charge in [-0.15, -0.1) is 0 Å². The molecule has 21 heavy (non-hydrogen) atoms. The van der Waals surface area contributed by atoms with Crippen molar-refractivity contribution in [2.75, 3.05) is 20.6 Å². The van der Waals surface area contributed by atoms with Gasteiger partial charge in [0.05, 0.1) is 23.5 Å². The fourth-order valence-corrected chi connectivity index (χ4v) is 2.60. The summed E-state index contributed by atoms with van der Waals surface area (Å²) in [5, 5.41) is 15.4. The first kappa shape index (κ1) is 16.5. The quantitative estimate of drug-likeness (QED) is 0.876. The minimum atomic E-state index is -0.783. The predicted octanol–water partition coefficient (Wildman–Crippen LogP) is 3.25. The number of likely N-dealkylation sites (N-methyl/N-ethyl adjacent to an activating group) is 1. The standard InChI is InChI=1S/C15H19BrClN3O/c1-10-8-11(4-5-12(10)16)15(21)14-13(17)9-18-20(14)7-6-19(2)3/h4-5,8-9,15,21H,6-7H2,1-3H3. The zero-order valence-corrected chi connectivity index (χ0v) is 14.7. The van der Waals surface area contributed by atoms with E-state index in [0.717, 1.165) is 22.1 Å². The molecule has 4 nitrogen and oxygen atoms in total. The summed E-state index contributed by atoms with van der Waals surface area (Å²) in [4.78, 5) is 2.07. The molecule has 1 N–H and O–H groups in total. The Morgan fingerprint density at radius 2 is 2.14 bits per heavy atom. The molecule has 0 saturated heterocycles. The van der Waals surface area contributed by atoms with Gasteiger partial charge in [0.15, 0.2) is 0 Å². The van der Waals surface area contributed by atoms with Crippen molar-refractivity contribution in [3.8, 4) is 0 Å². The van der Waals surface area contributed by atoms with Crippen molar-refractivity contribution in [2.45, 2.75) is 19.6 Å². The van der Waals surface area contributed by atoms with Crippen LogP contribution in [0.1, 0.15) is 22.9 Å². The van der Waals surface area contributed by atoms with Gasteiger partial charge in [0.25, 0.3) is 0 Å².